The second-order valence-corrected chi connectivity index (χ2v) is 6.11. The van der Waals surface area contributed by atoms with Crippen molar-refractivity contribution in [1.29, 1.82) is 0 Å². The topological polar surface area (TPSA) is 111 Å². The maximum absolute atomic E-state index is 11.9. The molecule has 1 aliphatic heterocycles. The molecule has 1 saturated heterocycles. The second kappa shape index (κ2) is 6.31. The lowest BCUT2D eigenvalue weighted by atomic mass is 10.2. The number of anilines is 1. The Kier molecular flexibility index (Phi) is 4.71. The highest BCUT2D eigenvalue weighted by Gasteiger charge is 2.17. The summed E-state index contributed by atoms with van der Waals surface area (Å²) in [6.07, 6.45) is 0.263. The summed E-state index contributed by atoms with van der Waals surface area (Å²) in [7, 11) is -3.77. The van der Waals surface area contributed by atoms with Gasteiger partial charge >= 0.3 is 0 Å². The third-order valence-electron chi connectivity index (χ3n) is 2.88. The lowest BCUT2D eigenvalue weighted by Gasteiger charge is -2.23. The van der Waals surface area contributed by atoms with Crippen LogP contribution in [0, 0.1) is 0 Å². The lowest BCUT2D eigenvalue weighted by Crippen LogP contribution is -2.43. The molecule has 1 heterocycles. The van der Waals surface area contributed by atoms with Gasteiger partial charge in [0, 0.05) is 24.7 Å². The molecule has 1 fully saturated rings. The minimum Gasteiger partial charge on any atom is -0.378 e. The Hall–Kier alpha value is -1.48. The number of sulfonamides is 1. The molecule has 1 aromatic carbocycles. The van der Waals surface area contributed by atoms with Crippen molar-refractivity contribution < 1.29 is 17.9 Å². The Labute approximate surface area is 117 Å². The molecule has 7 nitrogen and oxygen atoms in total. The number of amides is 1. The van der Waals surface area contributed by atoms with E-state index in [1.54, 1.807) is 6.07 Å². The first-order valence-corrected chi connectivity index (χ1v) is 7.73. The SMILES string of the molecule is NS(=O)(=O)c1cccc(NC(=O)CC2COCCN2)c1. The van der Waals surface area contributed by atoms with Crippen LogP contribution in [0.1, 0.15) is 6.42 Å². The largest absolute Gasteiger partial charge is 0.378 e. The van der Waals surface area contributed by atoms with Crippen LogP contribution in [-0.2, 0) is 19.6 Å². The standard InChI is InChI=1S/C12H17N3O4S/c13-20(17,18)11-3-1-2-9(6-11)15-12(16)7-10-8-19-5-4-14-10/h1-3,6,10,14H,4-5,7-8H2,(H,15,16)(H2,13,17,18). The van der Waals surface area contributed by atoms with E-state index in [4.69, 9.17) is 9.88 Å². The molecule has 110 valence electrons. The van der Waals surface area contributed by atoms with Gasteiger partial charge in [-0.15, -0.1) is 0 Å². The summed E-state index contributed by atoms with van der Waals surface area (Å²) in [4.78, 5) is 11.8. The Balaban J connectivity index is 1.97. The fourth-order valence-corrected chi connectivity index (χ4v) is 2.50. The zero-order chi connectivity index (χ0) is 14.6. The molecule has 1 aliphatic rings. The van der Waals surface area contributed by atoms with Gasteiger partial charge in [-0.2, -0.15) is 0 Å². The van der Waals surface area contributed by atoms with E-state index in [-0.39, 0.29) is 23.3 Å². The van der Waals surface area contributed by atoms with Crippen LogP contribution in [0.2, 0.25) is 0 Å². The summed E-state index contributed by atoms with van der Waals surface area (Å²) in [5.74, 6) is -0.209. The molecule has 1 atom stereocenters. The highest BCUT2D eigenvalue weighted by Crippen LogP contribution is 2.14. The molecule has 0 saturated carbocycles. The van der Waals surface area contributed by atoms with Crippen LogP contribution < -0.4 is 15.8 Å². The predicted molar refractivity (Wildman–Crippen MR) is 73.7 cm³/mol. The Bertz CT molecular complexity index is 582. The van der Waals surface area contributed by atoms with E-state index in [0.717, 1.165) is 6.54 Å². The average Bonchev–Trinajstić information content (AvgIpc) is 2.39. The molecule has 0 aliphatic carbocycles. The number of benzene rings is 1. The van der Waals surface area contributed by atoms with Gasteiger partial charge in [-0.25, -0.2) is 13.6 Å². The van der Waals surface area contributed by atoms with E-state index in [9.17, 15) is 13.2 Å². The number of nitrogens with two attached hydrogens (primary N) is 1. The van der Waals surface area contributed by atoms with Crippen molar-refractivity contribution in [2.45, 2.75) is 17.4 Å². The summed E-state index contributed by atoms with van der Waals surface area (Å²) >= 11 is 0. The first-order valence-electron chi connectivity index (χ1n) is 6.19. The van der Waals surface area contributed by atoms with E-state index in [0.29, 0.717) is 18.9 Å². The fourth-order valence-electron chi connectivity index (χ4n) is 1.94. The summed E-state index contributed by atoms with van der Waals surface area (Å²) in [5.41, 5.74) is 0.401. The van der Waals surface area contributed by atoms with Crippen LogP contribution in [0.4, 0.5) is 5.69 Å². The maximum atomic E-state index is 11.9. The Morgan fingerprint density at radius 1 is 1.50 bits per heavy atom. The van der Waals surface area contributed by atoms with E-state index in [1.165, 1.54) is 18.2 Å². The van der Waals surface area contributed by atoms with Gasteiger partial charge in [-0.1, -0.05) is 6.07 Å². The van der Waals surface area contributed by atoms with Crippen molar-refractivity contribution in [2.75, 3.05) is 25.1 Å². The normalized spacial score (nSPS) is 19.6. The minimum absolute atomic E-state index is 0.0230. The van der Waals surface area contributed by atoms with Crippen LogP contribution in [0.5, 0.6) is 0 Å². The fraction of sp³-hybridized carbons (Fsp3) is 0.417. The third-order valence-corrected chi connectivity index (χ3v) is 3.79. The number of carbonyl (C=O) groups is 1. The monoisotopic (exact) mass is 299 g/mol. The van der Waals surface area contributed by atoms with Crippen LogP contribution in [0.25, 0.3) is 0 Å². The van der Waals surface area contributed by atoms with Crippen molar-refractivity contribution >= 4 is 21.6 Å². The van der Waals surface area contributed by atoms with Crippen LogP contribution in [0.15, 0.2) is 29.2 Å². The molecule has 0 spiro atoms. The molecule has 1 aromatic rings. The van der Waals surface area contributed by atoms with Crippen LogP contribution >= 0.6 is 0 Å². The van der Waals surface area contributed by atoms with Gasteiger partial charge in [0.25, 0.3) is 0 Å². The molecule has 20 heavy (non-hydrogen) atoms. The highest BCUT2D eigenvalue weighted by molar-refractivity contribution is 7.89. The lowest BCUT2D eigenvalue weighted by molar-refractivity contribution is -0.117. The third kappa shape index (κ3) is 4.27. The number of morpholine rings is 1. The molecule has 1 unspecified atom stereocenters. The first-order chi connectivity index (χ1) is 9.45. The highest BCUT2D eigenvalue weighted by atomic mass is 32.2. The van der Waals surface area contributed by atoms with Crippen molar-refractivity contribution in [3.05, 3.63) is 24.3 Å². The quantitative estimate of drug-likeness (QED) is 0.704. The predicted octanol–water partition coefficient (Wildman–Crippen LogP) is -0.349. The number of nitrogens with one attached hydrogen (secondary N) is 2. The Morgan fingerprint density at radius 3 is 2.95 bits per heavy atom. The van der Waals surface area contributed by atoms with Gasteiger partial charge < -0.3 is 15.4 Å². The molecule has 4 N–H and O–H groups in total. The summed E-state index contributed by atoms with van der Waals surface area (Å²) in [6, 6.07) is 5.82. The van der Waals surface area contributed by atoms with Gasteiger partial charge in [0.2, 0.25) is 15.9 Å². The summed E-state index contributed by atoms with van der Waals surface area (Å²) in [6.45, 7) is 1.86. The van der Waals surface area contributed by atoms with Gasteiger partial charge in [0.15, 0.2) is 0 Å². The van der Waals surface area contributed by atoms with Crippen molar-refractivity contribution in [3.8, 4) is 0 Å². The smallest absolute Gasteiger partial charge is 0.238 e. The van der Waals surface area contributed by atoms with Gasteiger partial charge in [-0.05, 0) is 18.2 Å². The molecule has 0 radical (unpaired) electrons. The Morgan fingerprint density at radius 2 is 2.30 bits per heavy atom. The van der Waals surface area contributed by atoms with E-state index in [1.807, 2.05) is 0 Å². The number of carbonyl (C=O) groups excluding carboxylic acids is 1. The zero-order valence-electron chi connectivity index (χ0n) is 10.8. The van der Waals surface area contributed by atoms with E-state index < -0.39 is 10.0 Å². The molecular formula is C12H17N3O4S. The summed E-state index contributed by atoms with van der Waals surface area (Å²) < 4.78 is 27.7. The molecule has 2 rings (SSSR count). The number of ether oxygens (including phenoxy) is 1. The number of hydrogen-bond acceptors (Lipinski definition) is 5. The molecule has 1 amide bonds. The van der Waals surface area contributed by atoms with Gasteiger partial charge in [-0.3, -0.25) is 4.79 Å². The van der Waals surface area contributed by atoms with E-state index in [2.05, 4.69) is 10.6 Å². The van der Waals surface area contributed by atoms with Gasteiger partial charge in [0.05, 0.1) is 18.1 Å². The van der Waals surface area contributed by atoms with Crippen molar-refractivity contribution in [1.82, 2.24) is 5.32 Å². The second-order valence-electron chi connectivity index (χ2n) is 4.55. The van der Waals surface area contributed by atoms with Crippen LogP contribution in [-0.4, -0.2) is 40.1 Å². The maximum Gasteiger partial charge on any atom is 0.238 e. The number of primary sulfonamides is 1. The van der Waals surface area contributed by atoms with E-state index >= 15 is 0 Å². The zero-order valence-corrected chi connectivity index (χ0v) is 11.7. The minimum atomic E-state index is -3.77. The molecular weight excluding hydrogens is 282 g/mol. The molecule has 8 heteroatoms. The number of rotatable bonds is 4. The van der Waals surface area contributed by atoms with Gasteiger partial charge in [0.1, 0.15) is 0 Å². The van der Waals surface area contributed by atoms with Crippen molar-refractivity contribution in [2.24, 2.45) is 5.14 Å². The van der Waals surface area contributed by atoms with Crippen LogP contribution in [0.3, 0.4) is 0 Å². The first kappa shape index (κ1) is 14.9. The molecule has 0 bridgehead atoms. The number of hydrogen-bond donors (Lipinski definition) is 3. The van der Waals surface area contributed by atoms with Crippen molar-refractivity contribution in [3.63, 3.8) is 0 Å². The molecule has 0 aromatic heterocycles. The summed E-state index contributed by atoms with van der Waals surface area (Å²) in [5, 5.41) is 10.9. The average molecular weight is 299 g/mol.